The van der Waals surface area contributed by atoms with Crippen molar-refractivity contribution in [2.45, 2.75) is 20.0 Å². The van der Waals surface area contributed by atoms with Gasteiger partial charge >= 0.3 is 0 Å². The van der Waals surface area contributed by atoms with E-state index in [9.17, 15) is 4.39 Å². The summed E-state index contributed by atoms with van der Waals surface area (Å²) in [6.07, 6.45) is 1.76. The first kappa shape index (κ1) is 14.3. The SMILES string of the molecule is CC(C)Oc1nccc2cccc(Nc3cccc(F)c3)c12. The van der Waals surface area contributed by atoms with Crippen molar-refractivity contribution >= 4 is 22.1 Å². The fraction of sp³-hybridized carbons (Fsp3) is 0.167. The number of halogens is 1. The summed E-state index contributed by atoms with van der Waals surface area (Å²) in [5.74, 6) is 0.300. The smallest absolute Gasteiger partial charge is 0.223 e. The fourth-order valence-electron chi connectivity index (χ4n) is 2.34. The van der Waals surface area contributed by atoms with Crippen LogP contribution in [-0.2, 0) is 0 Å². The molecule has 3 rings (SSSR count). The van der Waals surface area contributed by atoms with Crippen LogP contribution in [0.2, 0.25) is 0 Å². The average Bonchev–Trinajstić information content (AvgIpc) is 2.47. The van der Waals surface area contributed by atoms with E-state index in [1.807, 2.05) is 44.2 Å². The monoisotopic (exact) mass is 296 g/mol. The van der Waals surface area contributed by atoms with Gasteiger partial charge in [-0.1, -0.05) is 18.2 Å². The van der Waals surface area contributed by atoms with Gasteiger partial charge in [0.15, 0.2) is 0 Å². The summed E-state index contributed by atoms with van der Waals surface area (Å²) in [7, 11) is 0. The molecule has 4 heteroatoms. The van der Waals surface area contributed by atoms with Crippen LogP contribution >= 0.6 is 0 Å². The number of nitrogens with zero attached hydrogens (tertiary/aromatic N) is 1. The van der Waals surface area contributed by atoms with Crippen LogP contribution in [0.1, 0.15) is 13.8 Å². The minimum atomic E-state index is -0.276. The van der Waals surface area contributed by atoms with Gasteiger partial charge in [-0.25, -0.2) is 9.37 Å². The lowest BCUT2D eigenvalue weighted by molar-refractivity contribution is 0.236. The van der Waals surface area contributed by atoms with E-state index < -0.39 is 0 Å². The maximum Gasteiger partial charge on any atom is 0.223 e. The van der Waals surface area contributed by atoms with Crippen molar-refractivity contribution in [1.29, 1.82) is 0 Å². The molecule has 1 aromatic heterocycles. The van der Waals surface area contributed by atoms with Crippen LogP contribution in [0.5, 0.6) is 5.88 Å². The van der Waals surface area contributed by atoms with Crippen LogP contribution in [0, 0.1) is 5.82 Å². The van der Waals surface area contributed by atoms with Crippen LogP contribution < -0.4 is 10.1 Å². The minimum absolute atomic E-state index is 0.0281. The number of ether oxygens (including phenoxy) is 1. The normalized spacial score (nSPS) is 10.9. The molecule has 112 valence electrons. The van der Waals surface area contributed by atoms with Crippen LogP contribution in [0.4, 0.5) is 15.8 Å². The molecule has 0 aliphatic carbocycles. The molecule has 1 N–H and O–H groups in total. The lowest BCUT2D eigenvalue weighted by Gasteiger charge is -2.15. The second-order valence-electron chi connectivity index (χ2n) is 5.32. The number of pyridine rings is 1. The summed E-state index contributed by atoms with van der Waals surface area (Å²) in [4.78, 5) is 4.33. The topological polar surface area (TPSA) is 34.1 Å². The van der Waals surface area contributed by atoms with Crippen molar-refractivity contribution in [3.05, 3.63) is 60.5 Å². The fourth-order valence-corrected chi connectivity index (χ4v) is 2.34. The first-order valence-electron chi connectivity index (χ1n) is 7.20. The van der Waals surface area contributed by atoms with Gasteiger partial charge in [0, 0.05) is 11.9 Å². The number of fused-ring (bicyclic) bond motifs is 1. The van der Waals surface area contributed by atoms with Gasteiger partial charge in [0.05, 0.1) is 17.2 Å². The van der Waals surface area contributed by atoms with Gasteiger partial charge in [0.1, 0.15) is 5.82 Å². The molecular weight excluding hydrogens is 279 g/mol. The molecule has 0 amide bonds. The van der Waals surface area contributed by atoms with Gasteiger partial charge in [0.2, 0.25) is 5.88 Å². The van der Waals surface area contributed by atoms with Crippen molar-refractivity contribution in [3.8, 4) is 5.88 Å². The van der Waals surface area contributed by atoms with E-state index in [1.165, 1.54) is 12.1 Å². The molecule has 0 saturated carbocycles. The van der Waals surface area contributed by atoms with Crippen molar-refractivity contribution in [1.82, 2.24) is 4.98 Å². The van der Waals surface area contributed by atoms with Gasteiger partial charge < -0.3 is 10.1 Å². The van der Waals surface area contributed by atoms with Crippen molar-refractivity contribution in [2.24, 2.45) is 0 Å². The Balaban J connectivity index is 2.08. The zero-order valence-electron chi connectivity index (χ0n) is 12.5. The molecule has 3 aromatic rings. The van der Waals surface area contributed by atoms with Crippen molar-refractivity contribution in [2.75, 3.05) is 5.32 Å². The van der Waals surface area contributed by atoms with E-state index in [-0.39, 0.29) is 11.9 Å². The molecule has 0 saturated heterocycles. The summed E-state index contributed by atoms with van der Waals surface area (Å²) in [6.45, 7) is 3.92. The van der Waals surface area contributed by atoms with Gasteiger partial charge in [0.25, 0.3) is 0 Å². The Hall–Kier alpha value is -2.62. The van der Waals surface area contributed by atoms with Gasteiger partial charge in [-0.15, -0.1) is 0 Å². The second-order valence-corrected chi connectivity index (χ2v) is 5.32. The first-order chi connectivity index (χ1) is 10.6. The highest BCUT2D eigenvalue weighted by Gasteiger charge is 2.10. The van der Waals surface area contributed by atoms with Gasteiger partial charge in [-0.3, -0.25) is 0 Å². The van der Waals surface area contributed by atoms with Crippen LogP contribution in [0.15, 0.2) is 54.7 Å². The highest BCUT2D eigenvalue weighted by Crippen LogP contribution is 2.33. The molecule has 0 radical (unpaired) electrons. The Morgan fingerprint density at radius 1 is 1.09 bits per heavy atom. The lowest BCUT2D eigenvalue weighted by atomic mass is 10.1. The number of aromatic nitrogens is 1. The highest BCUT2D eigenvalue weighted by molar-refractivity contribution is 5.98. The molecule has 0 bridgehead atoms. The Bertz CT molecular complexity index is 797. The summed E-state index contributed by atoms with van der Waals surface area (Å²) in [5, 5.41) is 5.15. The van der Waals surface area contributed by atoms with Gasteiger partial charge in [-0.05, 0) is 49.6 Å². The number of rotatable bonds is 4. The minimum Gasteiger partial charge on any atom is -0.474 e. The Morgan fingerprint density at radius 3 is 2.68 bits per heavy atom. The largest absolute Gasteiger partial charge is 0.474 e. The predicted molar refractivity (Wildman–Crippen MR) is 87.2 cm³/mol. The van der Waals surface area contributed by atoms with Crippen molar-refractivity contribution < 1.29 is 9.13 Å². The summed E-state index contributed by atoms with van der Waals surface area (Å²) in [5.41, 5.74) is 1.53. The molecule has 0 unspecified atom stereocenters. The average molecular weight is 296 g/mol. The number of hydrogen-bond acceptors (Lipinski definition) is 3. The summed E-state index contributed by atoms with van der Waals surface area (Å²) in [6, 6.07) is 14.2. The van der Waals surface area contributed by atoms with Crippen LogP contribution in [0.25, 0.3) is 10.8 Å². The van der Waals surface area contributed by atoms with E-state index in [1.54, 1.807) is 12.3 Å². The standard InChI is InChI=1S/C18H17FN2O/c1-12(2)22-18-17-13(9-10-20-18)5-3-8-16(17)21-15-7-4-6-14(19)11-15/h3-12,21H,1-2H3. The third-order valence-corrected chi connectivity index (χ3v) is 3.21. The number of benzene rings is 2. The van der Waals surface area contributed by atoms with E-state index >= 15 is 0 Å². The first-order valence-corrected chi connectivity index (χ1v) is 7.20. The zero-order chi connectivity index (χ0) is 15.5. The Kier molecular flexibility index (Phi) is 3.92. The summed E-state index contributed by atoms with van der Waals surface area (Å²) >= 11 is 0. The van der Waals surface area contributed by atoms with Crippen LogP contribution in [-0.4, -0.2) is 11.1 Å². The molecule has 2 aromatic carbocycles. The molecule has 0 aliphatic heterocycles. The van der Waals surface area contributed by atoms with E-state index in [0.29, 0.717) is 11.6 Å². The zero-order valence-corrected chi connectivity index (χ0v) is 12.5. The number of hydrogen-bond donors (Lipinski definition) is 1. The highest BCUT2D eigenvalue weighted by atomic mass is 19.1. The molecule has 0 aliphatic rings. The number of anilines is 2. The molecule has 0 atom stereocenters. The second kappa shape index (κ2) is 6.02. The molecule has 0 spiro atoms. The maximum atomic E-state index is 13.4. The predicted octanol–water partition coefficient (Wildman–Crippen LogP) is 4.90. The van der Waals surface area contributed by atoms with Crippen molar-refractivity contribution in [3.63, 3.8) is 0 Å². The van der Waals surface area contributed by atoms with Crippen LogP contribution in [0.3, 0.4) is 0 Å². The third-order valence-electron chi connectivity index (χ3n) is 3.21. The lowest BCUT2D eigenvalue weighted by Crippen LogP contribution is -2.07. The van der Waals surface area contributed by atoms with E-state index in [4.69, 9.17) is 4.74 Å². The molecular formula is C18H17FN2O. The molecule has 0 fully saturated rings. The molecule has 22 heavy (non-hydrogen) atoms. The molecule has 3 nitrogen and oxygen atoms in total. The maximum absolute atomic E-state index is 13.4. The molecule has 1 heterocycles. The Morgan fingerprint density at radius 2 is 1.91 bits per heavy atom. The quantitative estimate of drug-likeness (QED) is 0.743. The summed E-state index contributed by atoms with van der Waals surface area (Å²) < 4.78 is 19.2. The van der Waals surface area contributed by atoms with E-state index in [0.717, 1.165) is 16.5 Å². The van der Waals surface area contributed by atoms with Gasteiger partial charge in [-0.2, -0.15) is 0 Å². The third kappa shape index (κ3) is 3.01. The number of nitrogens with one attached hydrogen (secondary N) is 1. The Labute approximate surface area is 128 Å². The van der Waals surface area contributed by atoms with E-state index in [2.05, 4.69) is 10.3 Å².